The predicted octanol–water partition coefficient (Wildman–Crippen LogP) is 3.80. The standard InChI is InChI=1S/C27H30N4O4/c1-27(2,31-16-20(32)17-34-24-5-3-4-23-22(24)12-13-29-23)14-18-6-9-21(10-7-18)35-25-11-8-19(15-30-25)26(28)33/h3-13,15,20,29,31-32H,14,16-17H2,1-2H3,(H2,28,33). The molecule has 0 saturated heterocycles. The van der Waals surface area contributed by atoms with E-state index in [1.807, 2.05) is 54.7 Å². The van der Waals surface area contributed by atoms with Gasteiger partial charge in [0.1, 0.15) is 24.2 Å². The number of amides is 1. The zero-order chi connectivity index (χ0) is 24.8. The number of aliphatic hydroxyl groups excluding tert-OH is 1. The maximum absolute atomic E-state index is 11.1. The number of nitrogens with one attached hydrogen (secondary N) is 2. The highest BCUT2D eigenvalue weighted by atomic mass is 16.5. The third-order valence-electron chi connectivity index (χ3n) is 5.62. The average Bonchev–Trinajstić information content (AvgIpc) is 3.32. The van der Waals surface area contributed by atoms with Gasteiger partial charge in [-0.15, -0.1) is 0 Å². The van der Waals surface area contributed by atoms with Crippen LogP contribution in [0, 0.1) is 0 Å². The lowest BCUT2D eigenvalue weighted by Gasteiger charge is -2.28. The normalized spacial score (nSPS) is 12.4. The van der Waals surface area contributed by atoms with Crippen molar-refractivity contribution in [2.45, 2.75) is 31.9 Å². The topological polar surface area (TPSA) is 122 Å². The number of nitrogens with zero attached hydrogens (tertiary/aromatic N) is 1. The smallest absolute Gasteiger partial charge is 0.250 e. The second kappa shape index (κ2) is 10.6. The van der Waals surface area contributed by atoms with Crippen LogP contribution in [0.4, 0.5) is 0 Å². The third-order valence-corrected chi connectivity index (χ3v) is 5.62. The van der Waals surface area contributed by atoms with Crippen molar-refractivity contribution >= 4 is 16.8 Å². The lowest BCUT2D eigenvalue weighted by atomic mass is 9.94. The van der Waals surface area contributed by atoms with Gasteiger partial charge in [0.25, 0.3) is 0 Å². The highest BCUT2D eigenvalue weighted by molar-refractivity contribution is 5.92. The Morgan fingerprint density at radius 1 is 1.14 bits per heavy atom. The summed E-state index contributed by atoms with van der Waals surface area (Å²) in [6.07, 6.45) is 3.37. The first-order valence-corrected chi connectivity index (χ1v) is 11.4. The number of ether oxygens (including phenoxy) is 2. The summed E-state index contributed by atoms with van der Waals surface area (Å²) in [5, 5.41) is 14.9. The van der Waals surface area contributed by atoms with Crippen LogP contribution in [0.2, 0.25) is 0 Å². The van der Waals surface area contributed by atoms with E-state index in [1.54, 1.807) is 12.1 Å². The summed E-state index contributed by atoms with van der Waals surface area (Å²) < 4.78 is 11.6. The average molecular weight is 475 g/mol. The van der Waals surface area contributed by atoms with Crippen molar-refractivity contribution in [2.24, 2.45) is 5.73 Å². The summed E-state index contributed by atoms with van der Waals surface area (Å²) in [4.78, 5) is 18.4. The molecule has 4 rings (SSSR count). The van der Waals surface area contributed by atoms with Gasteiger partial charge in [0.2, 0.25) is 11.8 Å². The molecule has 0 aliphatic heterocycles. The number of nitrogens with two attached hydrogens (primary N) is 1. The van der Waals surface area contributed by atoms with Crippen LogP contribution < -0.4 is 20.5 Å². The molecule has 0 aliphatic carbocycles. The largest absolute Gasteiger partial charge is 0.490 e. The van der Waals surface area contributed by atoms with Crippen LogP contribution in [0.1, 0.15) is 29.8 Å². The minimum absolute atomic E-state index is 0.202. The van der Waals surface area contributed by atoms with E-state index in [9.17, 15) is 9.90 Å². The Bertz CT molecular complexity index is 1270. The fourth-order valence-corrected chi connectivity index (χ4v) is 3.78. The first kappa shape index (κ1) is 24.3. The Balaban J connectivity index is 1.25. The summed E-state index contributed by atoms with van der Waals surface area (Å²) in [5.74, 6) is 1.25. The number of aliphatic hydroxyl groups is 1. The number of hydrogen-bond acceptors (Lipinski definition) is 6. The number of carbonyl (C=O) groups excluding carboxylic acids is 1. The van der Waals surface area contributed by atoms with Gasteiger partial charge in [0, 0.05) is 41.4 Å². The van der Waals surface area contributed by atoms with Gasteiger partial charge in [-0.25, -0.2) is 4.98 Å². The molecular weight excluding hydrogens is 444 g/mol. The molecular formula is C27H30N4O4. The van der Waals surface area contributed by atoms with Crippen LogP contribution >= 0.6 is 0 Å². The molecule has 8 nitrogen and oxygen atoms in total. The van der Waals surface area contributed by atoms with E-state index < -0.39 is 12.0 Å². The summed E-state index contributed by atoms with van der Waals surface area (Å²) in [5.41, 5.74) is 7.45. The summed E-state index contributed by atoms with van der Waals surface area (Å²) in [6.45, 7) is 4.80. The summed E-state index contributed by atoms with van der Waals surface area (Å²) in [7, 11) is 0. The van der Waals surface area contributed by atoms with E-state index in [0.717, 1.165) is 28.6 Å². The molecule has 8 heteroatoms. The molecule has 2 aromatic heterocycles. The zero-order valence-electron chi connectivity index (χ0n) is 19.8. The fraction of sp³-hybridized carbons (Fsp3) is 0.259. The number of aromatic amines is 1. The van der Waals surface area contributed by atoms with E-state index in [4.69, 9.17) is 15.2 Å². The molecule has 1 atom stereocenters. The van der Waals surface area contributed by atoms with Gasteiger partial charge in [0.05, 0.1) is 5.56 Å². The molecule has 35 heavy (non-hydrogen) atoms. The molecule has 1 amide bonds. The van der Waals surface area contributed by atoms with Gasteiger partial charge in [-0.1, -0.05) is 18.2 Å². The number of aromatic nitrogens is 2. The number of hydrogen-bond donors (Lipinski definition) is 4. The number of rotatable bonds is 11. The highest BCUT2D eigenvalue weighted by Gasteiger charge is 2.20. The van der Waals surface area contributed by atoms with Crippen molar-refractivity contribution < 1.29 is 19.4 Å². The van der Waals surface area contributed by atoms with Gasteiger partial charge >= 0.3 is 0 Å². The molecule has 2 heterocycles. The van der Waals surface area contributed by atoms with Crippen LogP contribution in [0.5, 0.6) is 17.4 Å². The van der Waals surface area contributed by atoms with Crippen molar-refractivity contribution in [3.63, 3.8) is 0 Å². The van der Waals surface area contributed by atoms with E-state index in [-0.39, 0.29) is 12.1 Å². The first-order chi connectivity index (χ1) is 16.8. The van der Waals surface area contributed by atoms with Crippen molar-refractivity contribution in [2.75, 3.05) is 13.2 Å². The van der Waals surface area contributed by atoms with Crippen LogP contribution in [0.25, 0.3) is 10.9 Å². The first-order valence-electron chi connectivity index (χ1n) is 11.4. The van der Waals surface area contributed by atoms with Crippen LogP contribution in [-0.2, 0) is 6.42 Å². The Hall–Kier alpha value is -3.88. The van der Waals surface area contributed by atoms with E-state index in [2.05, 4.69) is 29.1 Å². The van der Waals surface area contributed by atoms with Crippen molar-refractivity contribution in [1.29, 1.82) is 0 Å². The van der Waals surface area contributed by atoms with Gasteiger partial charge in [0.15, 0.2) is 0 Å². The number of β-amino-alcohol motifs (C(OH)–C–C–N with tert-alkyl or cyclic N) is 1. The molecule has 1 unspecified atom stereocenters. The minimum Gasteiger partial charge on any atom is -0.490 e. The van der Waals surface area contributed by atoms with Gasteiger partial charge in [-0.05, 0) is 62.2 Å². The lowest BCUT2D eigenvalue weighted by Crippen LogP contribution is -2.46. The highest BCUT2D eigenvalue weighted by Crippen LogP contribution is 2.25. The molecule has 0 radical (unpaired) electrons. The number of primary amides is 1. The van der Waals surface area contributed by atoms with E-state index in [1.165, 1.54) is 6.20 Å². The predicted molar refractivity (Wildman–Crippen MR) is 135 cm³/mol. The summed E-state index contributed by atoms with van der Waals surface area (Å²) >= 11 is 0. The third kappa shape index (κ3) is 6.59. The Kier molecular flexibility index (Phi) is 7.33. The Labute approximate surface area is 204 Å². The molecule has 0 spiro atoms. The molecule has 182 valence electrons. The molecule has 2 aromatic carbocycles. The zero-order valence-corrected chi connectivity index (χ0v) is 19.8. The molecule has 4 aromatic rings. The fourth-order valence-electron chi connectivity index (χ4n) is 3.78. The van der Waals surface area contributed by atoms with Gasteiger partial charge in [-0.3, -0.25) is 4.79 Å². The van der Waals surface area contributed by atoms with Crippen molar-refractivity contribution in [1.82, 2.24) is 15.3 Å². The number of carbonyl (C=O) groups is 1. The molecule has 0 fully saturated rings. The monoisotopic (exact) mass is 474 g/mol. The van der Waals surface area contributed by atoms with E-state index >= 15 is 0 Å². The van der Waals surface area contributed by atoms with Crippen molar-refractivity contribution in [3.05, 3.63) is 84.2 Å². The SMILES string of the molecule is CC(C)(Cc1ccc(Oc2ccc(C(N)=O)cn2)cc1)NCC(O)COc1cccc2[nH]ccc12. The Morgan fingerprint density at radius 2 is 1.94 bits per heavy atom. The number of benzene rings is 2. The lowest BCUT2D eigenvalue weighted by molar-refractivity contribution is 0.0995. The maximum Gasteiger partial charge on any atom is 0.250 e. The second-order valence-electron chi connectivity index (χ2n) is 9.10. The molecule has 5 N–H and O–H groups in total. The molecule has 0 bridgehead atoms. The minimum atomic E-state index is -0.646. The second-order valence-corrected chi connectivity index (χ2v) is 9.10. The van der Waals surface area contributed by atoms with Gasteiger partial charge in [-0.2, -0.15) is 0 Å². The molecule has 0 aliphatic rings. The summed E-state index contributed by atoms with van der Waals surface area (Å²) in [6, 6.07) is 18.7. The van der Waals surface area contributed by atoms with Crippen molar-refractivity contribution in [3.8, 4) is 17.4 Å². The number of H-pyrrole nitrogens is 1. The molecule has 0 saturated carbocycles. The van der Waals surface area contributed by atoms with Crippen LogP contribution in [0.3, 0.4) is 0 Å². The quantitative estimate of drug-likeness (QED) is 0.262. The van der Waals surface area contributed by atoms with Crippen LogP contribution in [0.15, 0.2) is 73.1 Å². The van der Waals surface area contributed by atoms with E-state index in [0.29, 0.717) is 23.7 Å². The Morgan fingerprint density at radius 3 is 2.66 bits per heavy atom. The van der Waals surface area contributed by atoms with Gasteiger partial charge < -0.3 is 30.6 Å². The van der Waals surface area contributed by atoms with Crippen LogP contribution in [-0.4, -0.2) is 45.8 Å². The maximum atomic E-state index is 11.1. The number of pyridine rings is 1. The number of fused-ring (bicyclic) bond motifs is 1.